The van der Waals surface area contributed by atoms with Gasteiger partial charge in [-0.2, -0.15) is 0 Å². The van der Waals surface area contributed by atoms with Gasteiger partial charge in [-0.15, -0.1) is 0 Å². The monoisotopic (exact) mass is 888 g/mol. The highest BCUT2D eigenvalue weighted by atomic mass is 16.5. The molecule has 63 heavy (non-hydrogen) atoms. The van der Waals surface area contributed by atoms with Gasteiger partial charge in [-0.25, -0.2) is 0 Å². The first kappa shape index (κ1) is 61.3. The second kappa shape index (κ2) is 53.0. The predicted molar refractivity (Wildman–Crippen MR) is 273 cm³/mol. The molecule has 0 rings (SSSR count). The van der Waals surface area contributed by atoms with E-state index in [1.165, 1.54) is 218 Å². The molecule has 0 saturated heterocycles. The van der Waals surface area contributed by atoms with E-state index in [-0.39, 0.29) is 18.5 Å². The Morgan fingerprint density at radius 3 is 1.21 bits per heavy atom. The Labute approximate surface area is 392 Å². The molecule has 0 aliphatic rings. The Balaban J connectivity index is 3.41. The quantitative estimate of drug-likeness (QED) is 0.0321. The van der Waals surface area contributed by atoms with Crippen LogP contribution in [0.2, 0.25) is 0 Å². The highest BCUT2D eigenvalue weighted by molar-refractivity contribution is 5.76. The molecule has 0 saturated carbocycles. The third kappa shape index (κ3) is 49.6. The molecule has 0 radical (unpaired) electrons. The topological polar surface area (TPSA) is 95.9 Å². The number of hydrogen-bond donors (Lipinski definition) is 3. The van der Waals surface area contributed by atoms with Crippen LogP contribution in [0.1, 0.15) is 303 Å². The molecule has 6 nitrogen and oxygen atoms in total. The molecule has 6 heteroatoms. The lowest BCUT2D eigenvalue weighted by Gasteiger charge is -2.22. The van der Waals surface area contributed by atoms with E-state index in [1.807, 2.05) is 0 Å². The lowest BCUT2D eigenvalue weighted by atomic mass is 10.0. The summed E-state index contributed by atoms with van der Waals surface area (Å²) >= 11 is 0. The normalized spacial score (nSPS) is 12.8. The van der Waals surface area contributed by atoms with Gasteiger partial charge in [0.25, 0.3) is 0 Å². The first-order valence-corrected chi connectivity index (χ1v) is 28.1. The molecule has 372 valence electrons. The van der Waals surface area contributed by atoms with E-state index in [2.05, 4.69) is 43.5 Å². The number of carbonyl (C=O) groups excluding carboxylic acids is 2. The van der Waals surface area contributed by atoms with Crippen molar-refractivity contribution in [3.8, 4) is 0 Å². The number of nitrogens with one attached hydrogen (secondary N) is 1. The maximum Gasteiger partial charge on any atom is 0.305 e. The lowest BCUT2D eigenvalue weighted by molar-refractivity contribution is -0.143. The number of amides is 1. The van der Waals surface area contributed by atoms with Gasteiger partial charge in [-0.3, -0.25) is 9.59 Å². The number of esters is 1. The summed E-state index contributed by atoms with van der Waals surface area (Å²) in [4.78, 5) is 24.4. The molecule has 0 aliphatic heterocycles. The van der Waals surface area contributed by atoms with Crippen molar-refractivity contribution in [3.63, 3.8) is 0 Å². The summed E-state index contributed by atoms with van der Waals surface area (Å²) in [6.07, 6.45) is 63.4. The van der Waals surface area contributed by atoms with E-state index in [4.69, 9.17) is 4.74 Å². The molecule has 0 aliphatic carbocycles. The van der Waals surface area contributed by atoms with E-state index >= 15 is 0 Å². The Hall–Kier alpha value is -1.66. The maximum atomic E-state index is 12.4. The van der Waals surface area contributed by atoms with Crippen LogP contribution < -0.4 is 5.32 Å². The van der Waals surface area contributed by atoms with Crippen LogP contribution in [-0.4, -0.2) is 47.4 Å². The number of unbranched alkanes of at least 4 members (excludes halogenated alkanes) is 37. The van der Waals surface area contributed by atoms with Crippen molar-refractivity contribution < 1.29 is 24.5 Å². The zero-order valence-corrected chi connectivity index (χ0v) is 42.3. The molecule has 0 fully saturated rings. The third-order valence-electron chi connectivity index (χ3n) is 13.0. The van der Waals surface area contributed by atoms with E-state index in [0.29, 0.717) is 25.9 Å². The van der Waals surface area contributed by atoms with E-state index in [0.717, 1.165) is 51.4 Å². The number of ether oxygens (including phenoxy) is 1. The highest BCUT2D eigenvalue weighted by Gasteiger charge is 2.20. The Kier molecular flexibility index (Phi) is 51.6. The van der Waals surface area contributed by atoms with Crippen LogP contribution in [0, 0.1) is 0 Å². The molecule has 3 N–H and O–H groups in total. The van der Waals surface area contributed by atoms with Gasteiger partial charge < -0.3 is 20.3 Å². The zero-order valence-electron chi connectivity index (χ0n) is 42.3. The average Bonchev–Trinajstić information content (AvgIpc) is 3.28. The van der Waals surface area contributed by atoms with Gasteiger partial charge in [0.2, 0.25) is 5.91 Å². The molecular formula is C57H109NO5. The van der Waals surface area contributed by atoms with Crippen LogP contribution in [-0.2, 0) is 14.3 Å². The van der Waals surface area contributed by atoms with Gasteiger partial charge >= 0.3 is 5.97 Å². The smallest absolute Gasteiger partial charge is 0.305 e. The van der Waals surface area contributed by atoms with E-state index < -0.39 is 12.1 Å². The molecule has 0 aromatic rings. The van der Waals surface area contributed by atoms with E-state index in [1.54, 1.807) is 0 Å². The first-order chi connectivity index (χ1) is 31.0. The van der Waals surface area contributed by atoms with Crippen LogP contribution in [0.25, 0.3) is 0 Å². The molecule has 0 heterocycles. The second-order valence-corrected chi connectivity index (χ2v) is 19.3. The van der Waals surface area contributed by atoms with Crippen LogP contribution >= 0.6 is 0 Å². The summed E-state index contributed by atoms with van der Waals surface area (Å²) in [5.41, 5.74) is 0. The molecule has 2 atom stereocenters. The van der Waals surface area contributed by atoms with Crippen molar-refractivity contribution in [2.45, 2.75) is 315 Å². The van der Waals surface area contributed by atoms with Crippen LogP contribution in [0.5, 0.6) is 0 Å². The fourth-order valence-corrected chi connectivity index (χ4v) is 8.71. The summed E-state index contributed by atoms with van der Waals surface area (Å²) in [7, 11) is 0. The van der Waals surface area contributed by atoms with Crippen molar-refractivity contribution in [1.82, 2.24) is 5.32 Å². The number of allylic oxidation sites excluding steroid dienone is 3. The summed E-state index contributed by atoms with van der Waals surface area (Å²) < 4.78 is 5.42. The minimum absolute atomic E-state index is 0.0319. The van der Waals surface area contributed by atoms with Crippen LogP contribution in [0.3, 0.4) is 0 Å². The molecule has 2 unspecified atom stereocenters. The van der Waals surface area contributed by atoms with Gasteiger partial charge in [-0.05, 0) is 44.9 Å². The molecule has 0 bridgehead atoms. The zero-order chi connectivity index (χ0) is 45.8. The summed E-state index contributed by atoms with van der Waals surface area (Å²) in [6.45, 7) is 4.83. The van der Waals surface area contributed by atoms with Crippen molar-refractivity contribution >= 4 is 11.9 Å². The fraction of sp³-hybridized carbons (Fsp3) is 0.895. The van der Waals surface area contributed by atoms with Crippen molar-refractivity contribution in [3.05, 3.63) is 24.3 Å². The second-order valence-electron chi connectivity index (χ2n) is 19.3. The summed E-state index contributed by atoms with van der Waals surface area (Å²) in [5.74, 6) is -0.0737. The van der Waals surface area contributed by atoms with Gasteiger partial charge in [-0.1, -0.05) is 269 Å². The van der Waals surface area contributed by atoms with Gasteiger partial charge in [0.15, 0.2) is 0 Å². The molecule has 0 aromatic heterocycles. The van der Waals surface area contributed by atoms with Gasteiger partial charge in [0, 0.05) is 12.8 Å². The number of hydrogen-bond acceptors (Lipinski definition) is 5. The lowest BCUT2D eigenvalue weighted by Crippen LogP contribution is -2.45. The van der Waals surface area contributed by atoms with Crippen molar-refractivity contribution in [2.24, 2.45) is 0 Å². The minimum Gasteiger partial charge on any atom is -0.465 e. The van der Waals surface area contributed by atoms with Gasteiger partial charge in [0.05, 0.1) is 25.4 Å². The number of rotatable bonds is 52. The molecule has 1 amide bonds. The Morgan fingerprint density at radius 1 is 0.444 bits per heavy atom. The minimum atomic E-state index is -0.665. The van der Waals surface area contributed by atoms with Crippen LogP contribution in [0.15, 0.2) is 24.3 Å². The SMILES string of the molecule is CCCCCCCCCCCCCCCCCCC(=O)OCC/C=C\C/C=C\CCCCCCCCCCCCCCCCC(=O)NC(CO)C(O)CCCCCCCCCCC. The number of aliphatic hydroxyl groups is 2. The molecular weight excluding hydrogens is 779 g/mol. The molecule has 0 spiro atoms. The Bertz CT molecular complexity index is 982. The summed E-state index contributed by atoms with van der Waals surface area (Å²) in [5, 5.41) is 23.1. The average molecular weight is 889 g/mol. The van der Waals surface area contributed by atoms with Crippen LogP contribution in [0.4, 0.5) is 0 Å². The van der Waals surface area contributed by atoms with Gasteiger partial charge in [0.1, 0.15) is 0 Å². The summed E-state index contributed by atoms with van der Waals surface area (Å²) in [6, 6.07) is -0.543. The highest BCUT2D eigenvalue weighted by Crippen LogP contribution is 2.17. The molecule has 0 aromatic carbocycles. The fourth-order valence-electron chi connectivity index (χ4n) is 8.71. The standard InChI is InChI=1S/C57H109NO5/c1-3-5-7-9-11-13-14-15-16-25-28-31-35-39-43-47-51-57(62)63-52-48-44-40-36-32-29-26-23-21-19-17-18-20-22-24-27-30-34-38-42-46-50-56(61)58-54(53-59)55(60)49-45-41-37-33-12-10-8-6-4-2/h29,32,40,44,54-55,59-60H,3-28,30-31,33-39,41-43,45-53H2,1-2H3,(H,58,61)/b32-29-,44-40-. The van der Waals surface area contributed by atoms with Crippen molar-refractivity contribution in [2.75, 3.05) is 13.2 Å². The maximum absolute atomic E-state index is 12.4. The number of aliphatic hydroxyl groups excluding tert-OH is 2. The number of carbonyl (C=O) groups is 2. The Morgan fingerprint density at radius 2 is 0.794 bits per heavy atom. The largest absolute Gasteiger partial charge is 0.465 e. The van der Waals surface area contributed by atoms with Crippen molar-refractivity contribution in [1.29, 1.82) is 0 Å². The van der Waals surface area contributed by atoms with E-state index in [9.17, 15) is 19.8 Å². The predicted octanol–water partition coefficient (Wildman–Crippen LogP) is 17.1. The first-order valence-electron chi connectivity index (χ1n) is 28.1. The third-order valence-corrected chi connectivity index (χ3v) is 13.0.